The summed E-state index contributed by atoms with van der Waals surface area (Å²) in [5.41, 5.74) is 0. The van der Waals surface area contributed by atoms with Gasteiger partial charge in [0.15, 0.2) is 0 Å². The molecule has 80 valence electrons. The molecule has 0 amide bonds. The van der Waals surface area contributed by atoms with E-state index in [-0.39, 0.29) is 5.82 Å². The number of carboxylic acids is 2. The molecule has 7 heteroatoms. The van der Waals surface area contributed by atoms with Crippen LogP contribution in [0.4, 0.5) is 5.82 Å². The number of nitrogens with zero attached hydrogens (tertiary/aromatic N) is 2. The van der Waals surface area contributed by atoms with Gasteiger partial charge in [-0.3, -0.25) is 4.79 Å². The van der Waals surface area contributed by atoms with Crippen molar-refractivity contribution in [3.8, 4) is 0 Å². The zero-order chi connectivity index (χ0) is 11.3. The first-order valence-corrected chi connectivity index (χ1v) is 4.06. The van der Waals surface area contributed by atoms with Gasteiger partial charge in [-0.15, -0.1) is 0 Å². The molecule has 1 aromatic heterocycles. The Morgan fingerprint density at radius 3 is 2.67 bits per heavy atom. The number of rotatable bonds is 5. The maximum Gasteiger partial charge on any atom is 0.326 e. The zero-order valence-electron chi connectivity index (χ0n) is 7.62. The minimum atomic E-state index is -1.24. The fourth-order valence-corrected chi connectivity index (χ4v) is 0.929. The number of aliphatic carboxylic acids is 2. The van der Waals surface area contributed by atoms with Crippen LogP contribution in [0.25, 0.3) is 0 Å². The van der Waals surface area contributed by atoms with Crippen LogP contribution >= 0.6 is 0 Å². The second kappa shape index (κ2) is 4.89. The average Bonchev–Trinajstić information content (AvgIpc) is 2.17. The van der Waals surface area contributed by atoms with Gasteiger partial charge in [-0.1, -0.05) is 0 Å². The lowest BCUT2D eigenvalue weighted by atomic mass is 10.2. The van der Waals surface area contributed by atoms with Crippen molar-refractivity contribution >= 4 is 17.8 Å². The van der Waals surface area contributed by atoms with E-state index in [0.717, 1.165) is 0 Å². The lowest BCUT2D eigenvalue weighted by Gasteiger charge is -2.11. The van der Waals surface area contributed by atoms with Gasteiger partial charge in [-0.2, -0.15) is 0 Å². The van der Waals surface area contributed by atoms with Gasteiger partial charge in [0.2, 0.25) is 0 Å². The fraction of sp³-hybridized carbons (Fsp3) is 0.250. The molecule has 0 aromatic carbocycles. The second-order valence-electron chi connectivity index (χ2n) is 2.73. The summed E-state index contributed by atoms with van der Waals surface area (Å²) in [4.78, 5) is 28.4. The fourth-order valence-electron chi connectivity index (χ4n) is 0.929. The molecular weight excluding hydrogens is 202 g/mol. The summed E-state index contributed by atoms with van der Waals surface area (Å²) < 4.78 is 0. The van der Waals surface area contributed by atoms with Gasteiger partial charge in [0.05, 0.1) is 6.42 Å². The van der Waals surface area contributed by atoms with Gasteiger partial charge in [0.1, 0.15) is 18.2 Å². The van der Waals surface area contributed by atoms with Crippen LogP contribution < -0.4 is 5.32 Å². The van der Waals surface area contributed by atoms with Crippen LogP contribution in [0.15, 0.2) is 18.6 Å². The predicted octanol–water partition coefficient (Wildman–Crippen LogP) is -0.184. The van der Waals surface area contributed by atoms with Crippen molar-refractivity contribution in [1.29, 1.82) is 0 Å². The summed E-state index contributed by atoms with van der Waals surface area (Å²) in [6, 6.07) is 0.259. The molecule has 0 fully saturated rings. The Kier molecular flexibility index (Phi) is 3.55. The Hall–Kier alpha value is -2.18. The Morgan fingerprint density at radius 2 is 2.20 bits per heavy atom. The summed E-state index contributed by atoms with van der Waals surface area (Å²) in [5, 5.41) is 19.7. The minimum absolute atomic E-state index is 0.277. The SMILES string of the molecule is O=C(O)CC(Nc1ccncn1)C(=O)O. The molecule has 1 rings (SSSR count). The van der Waals surface area contributed by atoms with Crippen LogP contribution in [0.3, 0.4) is 0 Å². The third-order valence-electron chi connectivity index (χ3n) is 1.58. The van der Waals surface area contributed by atoms with Crippen molar-refractivity contribution < 1.29 is 19.8 Å². The van der Waals surface area contributed by atoms with Gasteiger partial charge < -0.3 is 15.5 Å². The van der Waals surface area contributed by atoms with E-state index < -0.39 is 24.4 Å². The highest BCUT2D eigenvalue weighted by atomic mass is 16.4. The van der Waals surface area contributed by atoms with Crippen LogP contribution in [0, 0.1) is 0 Å². The molecule has 0 spiro atoms. The van der Waals surface area contributed by atoms with Crippen LogP contribution in [-0.4, -0.2) is 38.2 Å². The first-order valence-electron chi connectivity index (χ1n) is 4.06. The zero-order valence-corrected chi connectivity index (χ0v) is 7.62. The van der Waals surface area contributed by atoms with E-state index in [2.05, 4.69) is 15.3 Å². The van der Waals surface area contributed by atoms with Crippen LogP contribution in [0.5, 0.6) is 0 Å². The second-order valence-corrected chi connectivity index (χ2v) is 2.73. The Balaban J connectivity index is 2.67. The molecule has 15 heavy (non-hydrogen) atoms. The van der Waals surface area contributed by atoms with E-state index in [1.807, 2.05) is 0 Å². The lowest BCUT2D eigenvalue weighted by Crippen LogP contribution is -2.32. The highest BCUT2D eigenvalue weighted by molar-refractivity contribution is 5.83. The molecule has 0 aliphatic rings. The Labute approximate surface area is 84.8 Å². The van der Waals surface area contributed by atoms with E-state index in [9.17, 15) is 9.59 Å². The molecule has 7 nitrogen and oxygen atoms in total. The highest BCUT2D eigenvalue weighted by Crippen LogP contribution is 2.04. The van der Waals surface area contributed by atoms with Gasteiger partial charge in [-0.25, -0.2) is 14.8 Å². The molecule has 0 aliphatic heterocycles. The highest BCUT2D eigenvalue weighted by Gasteiger charge is 2.20. The van der Waals surface area contributed by atoms with Crippen molar-refractivity contribution in [2.24, 2.45) is 0 Å². The molecule has 1 unspecified atom stereocenters. The molecule has 1 atom stereocenters. The molecular formula is C8H9N3O4. The van der Waals surface area contributed by atoms with E-state index in [1.165, 1.54) is 18.6 Å². The minimum Gasteiger partial charge on any atom is -0.481 e. The summed E-state index contributed by atoms with van der Waals surface area (Å²) in [7, 11) is 0. The monoisotopic (exact) mass is 211 g/mol. The Bertz CT molecular complexity index is 354. The van der Waals surface area contributed by atoms with E-state index in [4.69, 9.17) is 10.2 Å². The molecule has 0 radical (unpaired) electrons. The largest absolute Gasteiger partial charge is 0.481 e. The lowest BCUT2D eigenvalue weighted by molar-refractivity contribution is -0.144. The first-order chi connectivity index (χ1) is 7.09. The molecule has 0 bridgehead atoms. The first kappa shape index (κ1) is 10.9. The van der Waals surface area contributed by atoms with Gasteiger partial charge in [0, 0.05) is 6.20 Å². The van der Waals surface area contributed by atoms with E-state index in [1.54, 1.807) is 0 Å². The maximum atomic E-state index is 10.7. The third-order valence-corrected chi connectivity index (χ3v) is 1.58. The number of anilines is 1. The number of hydrogen-bond acceptors (Lipinski definition) is 5. The van der Waals surface area contributed by atoms with Gasteiger partial charge in [-0.05, 0) is 6.07 Å². The van der Waals surface area contributed by atoms with E-state index in [0.29, 0.717) is 0 Å². The molecule has 0 saturated heterocycles. The standard InChI is InChI=1S/C8H9N3O4/c12-7(13)3-5(8(14)15)11-6-1-2-9-4-10-6/h1-2,4-5H,3H2,(H,12,13)(H,14,15)(H,9,10,11). The third kappa shape index (κ3) is 3.59. The van der Waals surface area contributed by atoms with Crippen molar-refractivity contribution in [3.63, 3.8) is 0 Å². The molecule has 1 aromatic rings. The summed E-state index contributed by atoms with van der Waals surface area (Å²) >= 11 is 0. The molecule has 3 N–H and O–H groups in total. The summed E-state index contributed by atoms with van der Waals surface area (Å²) in [6.07, 6.45) is 2.15. The van der Waals surface area contributed by atoms with E-state index >= 15 is 0 Å². The van der Waals surface area contributed by atoms with Crippen LogP contribution in [-0.2, 0) is 9.59 Å². The van der Waals surface area contributed by atoms with Gasteiger partial charge >= 0.3 is 11.9 Å². The van der Waals surface area contributed by atoms with Crippen molar-refractivity contribution in [2.45, 2.75) is 12.5 Å². The Morgan fingerprint density at radius 1 is 1.47 bits per heavy atom. The molecule has 0 saturated carbocycles. The quantitative estimate of drug-likeness (QED) is 0.618. The molecule has 0 aliphatic carbocycles. The average molecular weight is 211 g/mol. The smallest absolute Gasteiger partial charge is 0.326 e. The summed E-state index contributed by atoms with van der Waals surface area (Å²) in [6.45, 7) is 0. The van der Waals surface area contributed by atoms with Gasteiger partial charge in [0.25, 0.3) is 0 Å². The topological polar surface area (TPSA) is 112 Å². The van der Waals surface area contributed by atoms with Crippen LogP contribution in [0.2, 0.25) is 0 Å². The summed E-state index contributed by atoms with van der Waals surface area (Å²) in [5.74, 6) is -2.15. The number of hydrogen-bond donors (Lipinski definition) is 3. The predicted molar refractivity (Wildman–Crippen MR) is 49.3 cm³/mol. The maximum absolute atomic E-state index is 10.7. The number of carbonyl (C=O) groups is 2. The number of nitrogens with one attached hydrogen (secondary N) is 1. The van der Waals surface area contributed by atoms with Crippen LogP contribution in [0.1, 0.15) is 6.42 Å². The van der Waals surface area contributed by atoms with Crippen molar-refractivity contribution in [3.05, 3.63) is 18.6 Å². The molecule has 1 heterocycles. The number of carboxylic acid groups (broad SMARTS) is 2. The normalized spacial score (nSPS) is 11.7. The van der Waals surface area contributed by atoms with Crippen molar-refractivity contribution in [2.75, 3.05) is 5.32 Å². The number of aromatic nitrogens is 2. The van der Waals surface area contributed by atoms with Crippen molar-refractivity contribution in [1.82, 2.24) is 9.97 Å².